The van der Waals surface area contributed by atoms with Crippen LogP contribution in [0.5, 0.6) is 0 Å². The molecule has 0 spiro atoms. The van der Waals surface area contributed by atoms with Gasteiger partial charge < -0.3 is 10.5 Å². The number of carbonyl (C=O) groups excluding carboxylic acids is 1. The second-order valence-electron chi connectivity index (χ2n) is 9.31. The van der Waals surface area contributed by atoms with Crippen molar-refractivity contribution in [2.45, 2.75) is 51.2 Å². The van der Waals surface area contributed by atoms with Gasteiger partial charge in [-0.25, -0.2) is 18.2 Å². The number of hydrogen-bond acceptors (Lipinski definition) is 5. The molecule has 2 heterocycles. The molecular weight excluding hydrogens is 455 g/mol. The first-order valence-electron chi connectivity index (χ1n) is 11.6. The normalized spacial score (nSPS) is 22.3. The van der Waals surface area contributed by atoms with E-state index in [4.69, 9.17) is 10.5 Å². The van der Waals surface area contributed by atoms with Gasteiger partial charge >= 0.3 is 0 Å². The fraction of sp³-hybridized carbons (Fsp3) is 0.370. The van der Waals surface area contributed by atoms with Crippen molar-refractivity contribution in [1.82, 2.24) is 9.97 Å². The lowest BCUT2D eigenvalue weighted by Gasteiger charge is -2.38. The molecule has 1 aliphatic carbocycles. The summed E-state index contributed by atoms with van der Waals surface area (Å²) in [5.74, 6) is -2.83. The summed E-state index contributed by atoms with van der Waals surface area (Å²) in [6, 6.07) is 6.18. The molecule has 8 heteroatoms. The lowest BCUT2D eigenvalue weighted by atomic mass is 9.73. The lowest BCUT2D eigenvalue weighted by molar-refractivity contribution is 0.00970. The van der Waals surface area contributed by atoms with Crippen LogP contribution in [0.25, 0.3) is 11.3 Å². The van der Waals surface area contributed by atoms with Crippen LogP contribution in [0.1, 0.15) is 52.9 Å². The highest BCUT2D eigenvalue weighted by molar-refractivity contribution is 5.96. The fourth-order valence-corrected chi connectivity index (χ4v) is 5.17. The molecule has 1 saturated carbocycles. The number of ether oxygens (including phenoxy) is 1. The first-order valence-corrected chi connectivity index (χ1v) is 11.6. The Balaban J connectivity index is 1.62. The van der Waals surface area contributed by atoms with Crippen LogP contribution in [0.3, 0.4) is 0 Å². The van der Waals surface area contributed by atoms with E-state index < -0.39 is 34.5 Å². The number of methoxy groups -OCH3 is 1. The molecule has 0 unspecified atom stereocenters. The zero-order valence-electron chi connectivity index (χ0n) is 19.9. The number of nitrogens with two attached hydrogens (primary N) is 1. The van der Waals surface area contributed by atoms with E-state index in [1.54, 1.807) is 19.5 Å². The summed E-state index contributed by atoms with van der Waals surface area (Å²) in [6.07, 6.45) is 4.81. The van der Waals surface area contributed by atoms with Gasteiger partial charge in [-0.1, -0.05) is 6.92 Å². The van der Waals surface area contributed by atoms with E-state index in [0.29, 0.717) is 12.0 Å². The molecule has 0 saturated heterocycles. The third kappa shape index (κ3) is 5.13. The number of pyridine rings is 2. The number of benzene rings is 1. The standard InChI is InChI=1S/C27H28F3N3O2/c1-14-8-20(29)25(21(30)9-14)26-19(28)4-5-23(33-26)24(34)12-17-13-32-7-6-18(17)16-10-15(2)27(35-3)22(31)11-16/h4-9,13,15-16,22,27H,10-12,31H2,1-3H3/t15-,16+,22+,27+/m0/s1. The highest BCUT2D eigenvalue weighted by atomic mass is 19.1. The predicted molar refractivity (Wildman–Crippen MR) is 126 cm³/mol. The highest BCUT2D eigenvalue weighted by Crippen LogP contribution is 2.38. The number of Topliss-reactive ketones (excluding diaryl/α,β-unsaturated/α-hetero) is 1. The molecule has 184 valence electrons. The van der Waals surface area contributed by atoms with E-state index in [1.165, 1.54) is 13.0 Å². The number of rotatable bonds is 6. The summed E-state index contributed by atoms with van der Waals surface area (Å²) < 4.78 is 49.0. The van der Waals surface area contributed by atoms with Gasteiger partial charge in [0.25, 0.3) is 0 Å². The van der Waals surface area contributed by atoms with Crippen LogP contribution in [0.2, 0.25) is 0 Å². The maximum absolute atomic E-state index is 14.5. The minimum atomic E-state index is -0.940. The molecule has 1 fully saturated rings. The Kier molecular flexibility index (Phi) is 7.33. The van der Waals surface area contributed by atoms with Gasteiger partial charge in [0, 0.05) is 32.0 Å². The Labute approximate surface area is 202 Å². The number of ketones is 1. The molecule has 4 atom stereocenters. The van der Waals surface area contributed by atoms with Gasteiger partial charge in [0.2, 0.25) is 0 Å². The van der Waals surface area contributed by atoms with E-state index in [-0.39, 0.29) is 36.1 Å². The summed E-state index contributed by atoms with van der Waals surface area (Å²) in [5, 5.41) is 0. The fourth-order valence-electron chi connectivity index (χ4n) is 5.17. The van der Waals surface area contributed by atoms with Crippen LogP contribution in [0, 0.1) is 30.3 Å². The summed E-state index contributed by atoms with van der Waals surface area (Å²) in [7, 11) is 1.66. The second-order valence-corrected chi connectivity index (χ2v) is 9.31. The van der Waals surface area contributed by atoms with Crippen molar-refractivity contribution in [1.29, 1.82) is 0 Å². The van der Waals surface area contributed by atoms with Crippen molar-refractivity contribution >= 4 is 5.78 Å². The zero-order valence-corrected chi connectivity index (χ0v) is 19.9. The van der Waals surface area contributed by atoms with Gasteiger partial charge in [-0.15, -0.1) is 0 Å². The van der Waals surface area contributed by atoms with E-state index >= 15 is 0 Å². The summed E-state index contributed by atoms with van der Waals surface area (Å²) >= 11 is 0. The average Bonchev–Trinajstić information content (AvgIpc) is 2.79. The van der Waals surface area contributed by atoms with Crippen LogP contribution in [0.15, 0.2) is 42.7 Å². The Morgan fingerprint density at radius 1 is 1.11 bits per heavy atom. The molecule has 2 aromatic heterocycles. The van der Waals surface area contributed by atoms with Gasteiger partial charge in [-0.3, -0.25) is 9.78 Å². The lowest BCUT2D eigenvalue weighted by Crippen LogP contribution is -2.45. The molecule has 0 bridgehead atoms. The first-order chi connectivity index (χ1) is 16.7. The quantitative estimate of drug-likeness (QED) is 0.491. The molecule has 1 aromatic carbocycles. The van der Waals surface area contributed by atoms with Gasteiger partial charge in [0.05, 0.1) is 11.7 Å². The van der Waals surface area contributed by atoms with Gasteiger partial charge in [0.1, 0.15) is 28.8 Å². The number of aromatic nitrogens is 2. The third-order valence-corrected chi connectivity index (χ3v) is 6.76. The number of aryl methyl sites for hydroxylation is 1. The van der Waals surface area contributed by atoms with Crippen molar-refractivity contribution in [3.05, 3.63) is 82.6 Å². The molecule has 35 heavy (non-hydrogen) atoms. The monoisotopic (exact) mass is 483 g/mol. The third-order valence-electron chi connectivity index (χ3n) is 6.76. The Morgan fingerprint density at radius 2 is 1.83 bits per heavy atom. The van der Waals surface area contributed by atoms with Crippen LogP contribution in [-0.4, -0.2) is 35.0 Å². The van der Waals surface area contributed by atoms with Crippen molar-refractivity contribution in [2.75, 3.05) is 7.11 Å². The van der Waals surface area contributed by atoms with Crippen LogP contribution in [-0.2, 0) is 11.2 Å². The van der Waals surface area contributed by atoms with Gasteiger partial charge in [0.15, 0.2) is 5.78 Å². The number of halogens is 3. The van der Waals surface area contributed by atoms with E-state index in [1.807, 2.05) is 6.07 Å². The van der Waals surface area contributed by atoms with Crippen LogP contribution in [0.4, 0.5) is 13.2 Å². The zero-order chi connectivity index (χ0) is 25.3. The molecular formula is C27H28F3N3O2. The van der Waals surface area contributed by atoms with Gasteiger partial charge in [-0.2, -0.15) is 0 Å². The molecule has 1 aliphatic rings. The van der Waals surface area contributed by atoms with Crippen molar-refractivity contribution in [3.63, 3.8) is 0 Å². The average molecular weight is 484 g/mol. The van der Waals surface area contributed by atoms with Gasteiger partial charge in [-0.05, 0) is 78.6 Å². The minimum Gasteiger partial charge on any atom is -0.380 e. The van der Waals surface area contributed by atoms with Crippen molar-refractivity contribution < 1.29 is 22.7 Å². The number of hydrogen-bond donors (Lipinski definition) is 1. The Morgan fingerprint density at radius 3 is 2.49 bits per heavy atom. The van der Waals surface area contributed by atoms with Crippen LogP contribution >= 0.6 is 0 Å². The second kappa shape index (κ2) is 10.3. The largest absolute Gasteiger partial charge is 0.380 e. The molecule has 0 amide bonds. The number of carbonyl (C=O) groups is 1. The summed E-state index contributed by atoms with van der Waals surface area (Å²) in [4.78, 5) is 21.3. The molecule has 5 nitrogen and oxygen atoms in total. The predicted octanol–water partition coefficient (Wildman–Crippen LogP) is 5.15. The number of nitrogens with zero attached hydrogens (tertiary/aromatic N) is 2. The molecule has 4 rings (SSSR count). The topological polar surface area (TPSA) is 78.1 Å². The van der Waals surface area contributed by atoms with Crippen molar-refractivity contribution in [3.8, 4) is 11.3 Å². The van der Waals surface area contributed by atoms with Crippen LogP contribution < -0.4 is 5.73 Å². The van der Waals surface area contributed by atoms with E-state index in [0.717, 1.165) is 35.7 Å². The summed E-state index contributed by atoms with van der Waals surface area (Å²) in [5.41, 5.74) is 7.20. The SMILES string of the molecule is CO[C@H]1[C@H](N)C[C@H](c2ccncc2CC(=O)c2ccc(F)c(-c3c(F)cc(C)cc3F)n2)C[C@@H]1C. The molecule has 2 N–H and O–H groups in total. The minimum absolute atomic E-state index is 0.0254. The molecule has 3 aromatic rings. The Bertz CT molecular complexity index is 1220. The maximum Gasteiger partial charge on any atom is 0.185 e. The van der Waals surface area contributed by atoms with E-state index in [9.17, 15) is 18.0 Å². The van der Waals surface area contributed by atoms with E-state index in [2.05, 4.69) is 16.9 Å². The molecule has 0 aliphatic heterocycles. The highest BCUT2D eigenvalue weighted by Gasteiger charge is 2.35. The first kappa shape index (κ1) is 25.0. The van der Waals surface area contributed by atoms with Crippen molar-refractivity contribution in [2.24, 2.45) is 11.7 Å². The molecule has 0 radical (unpaired) electrons. The Hall–Kier alpha value is -3.10. The smallest absolute Gasteiger partial charge is 0.185 e. The summed E-state index contributed by atoms with van der Waals surface area (Å²) in [6.45, 7) is 3.63. The maximum atomic E-state index is 14.5.